The Labute approximate surface area is 165 Å². The highest BCUT2D eigenvalue weighted by Gasteiger charge is 2.38. The number of furan rings is 1. The van der Waals surface area contributed by atoms with Crippen molar-refractivity contribution in [1.29, 1.82) is 0 Å². The van der Waals surface area contributed by atoms with Crippen LogP contribution in [0.3, 0.4) is 0 Å². The molecule has 4 rings (SSSR count). The molecule has 2 N–H and O–H groups in total. The normalized spacial score (nSPS) is 28.3. The van der Waals surface area contributed by atoms with Crippen molar-refractivity contribution in [2.24, 2.45) is 5.92 Å². The first-order chi connectivity index (χ1) is 13.7. The van der Waals surface area contributed by atoms with Gasteiger partial charge in [-0.1, -0.05) is 12.8 Å². The van der Waals surface area contributed by atoms with E-state index in [1.807, 2.05) is 0 Å². The van der Waals surface area contributed by atoms with Gasteiger partial charge in [0.05, 0.1) is 18.4 Å². The maximum atomic E-state index is 12.8. The van der Waals surface area contributed by atoms with Crippen molar-refractivity contribution < 1.29 is 18.7 Å². The molecule has 0 aromatic carbocycles. The van der Waals surface area contributed by atoms with Gasteiger partial charge in [-0.3, -0.25) is 4.90 Å². The molecule has 3 heterocycles. The quantitative estimate of drug-likeness (QED) is 0.759. The zero-order chi connectivity index (χ0) is 19.5. The van der Waals surface area contributed by atoms with E-state index in [1.54, 1.807) is 25.3 Å². The zero-order valence-electron chi connectivity index (χ0n) is 16.4. The summed E-state index contributed by atoms with van der Waals surface area (Å²) in [5.74, 6) is 0.848. The van der Waals surface area contributed by atoms with Crippen LogP contribution in [0.25, 0.3) is 0 Å². The average molecular weight is 387 g/mol. The molecule has 1 saturated heterocycles. The molecule has 2 amide bonds. The van der Waals surface area contributed by atoms with Gasteiger partial charge in [-0.15, -0.1) is 0 Å². The standard InChI is InChI=1S/C21H29N3O4/c1-2-27-20(25)18-15(22-21(26)23-19(18)17-10-6-12-28-17)13-24-11-5-8-14-7-3-4-9-16(14)24/h6,10,12,14,16,19H,2-5,7-9,11,13H2,1H3,(H2,22,23,26)/t14-,16+,19+/m1/s1. The van der Waals surface area contributed by atoms with Gasteiger partial charge in [0.2, 0.25) is 0 Å². The number of urea groups is 1. The molecular formula is C21H29N3O4. The fraction of sp³-hybridized carbons (Fsp3) is 0.619. The third-order valence-electron chi connectivity index (χ3n) is 6.20. The number of nitrogens with zero attached hydrogens (tertiary/aromatic N) is 1. The Bertz CT molecular complexity index is 741. The molecule has 0 bridgehead atoms. The minimum Gasteiger partial charge on any atom is -0.467 e. The van der Waals surface area contributed by atoms with Crippen molar-refractivity contribution in [1.82, 2.24) is 15.5 Å². The smallest absolute Gasteiger partial charge is 0.338 e. The predicted octanol–water partition coefficient (Wildman–Crippen LogP) is 3.11. The van der Waals surface area contributed by atoms with E-state index in [1.165, 1.54) is 32.1 Å². The minimum absolute atomic E-state index is 0.281. The number of hydrogen-bond acceptors (Lipinski definition) is 5. The second kappa shape index (κ2) is 8.39. The minimum atomic E-state index is -0.634. The lowest BCUT2D eigenvalue weighted by Gasteiger charge is -2.45. The highest BCUT2D eigenvalue weighted by Crippen LogP contribution is 2.36. The fourth-order valence-corrected chi connectivity index (χ4v) is 4.99. The van der Waals surface area contributed by atoms with Crippen molar-refractivity contribution in [2.75, 3.05) is 19.7 Å². The first-order valence-electron chi connectivity index (χ1n) is 10.4. The molecule has 1 aromatic heterocycles. The Morgan fingerprint density at radius 2 is 2.11 bits per heavy atom. The van der Waals surface area contributed by atoms with Crippen LogP contribution in [-0.2, 0) is 9.53 Å². The molecule has 28 heavy (non-hydrogen) atoms. The van der Waals surface area contributed by atoms with Gasteiger partial charge in [-0.25, -0.2) is 9.59 Å². The Kier molecular flexibility index (Phi) is 5.71. The lowest BCUT2D eigenvalue weighted by atomic mass is 9.78. The molecule has 1 aromatic rings. The lowest BCUT2D eigenvalue weighted by Crippen LogP contribution is -2.52. The molecule has 7 heteroatoms. The maximum Gasteiger partial charge on any atom is 0.338 e. The lowest BCUT2D eigenvalue weighted by molar-refractivity contribution is -0.139. The van der Waals surface area contributed by atoms with Crippen LogP contribution in [0.15, 0.2) is 34.1 Å². The van der Waals surface area contributed by atoms with E-state index in [0.29, 0.717) is 29.6 Å². The van der Waals surface area contributed by atoms with E-state index in [4.69, 9.17) is 9.15 Å². The third kappa shape index (κ3) is 3.81. The van der Waals surface area contributed by atoms with Gasteiger partial charge < -0.3 is 19.8 Å². The molecule has 2 fully saturated rings. The average Bonchev–Trinajstić information content (AvgIpc) is 3.23. The van der Waals surface area contributed by atoms with E-state index in [2.05, 4.69) is 15.5 Å². The van der Waals surface area contributed by atoms with E-state index < -0.39 is 12.0 Å². The molecule has 0 spiro atoms. The summed E-state index contributed by atoms with van der Waals surface area (Å²) in [7, 11) is 0. The molecule has 152 valence electrons. The van der Waals surface area contributed by atoms with Gasteiger partial charge in [-0.05, 0) is 57.2 Å². The summed E-state index contributed by atoms with van der Waals surface area (Å²) < 4.78 is 10.8. The highest BCUT2D eigenvalue weighted by atomic mass is 16.5. The molecule has 0 unspecified atom stereocenters. The van der Waals surface area contributed by atoms with Crippen LogP contribution < -0.4 is 10.6 Å². The number of nitrogens with one attached hydrogen (secondary N) is 2. The van der Waals surface area contributed by atoms with Crippen LogP contribution in [-0.4, -0.2) is 42.6 Å². The van der Waals surface area contributed by atoms with E-state index in [9.17, 15) is 9.59 Å². The molecule has 7 nitrogen and oxygen atoms in total. The summed E-state index contributed by atoms with van der Waals surface area (Å²) in [6.07, 6.45) is 9.04. The summed E-state index contributed by atoms with van der Waals surface area (Å²) in [4.78, 5) is 27.6. The van der Waals surface area contributed by atoms with Crippen LogP contribution in [0.2, 0.25) is 0 Å². The Balaban J connectivity index is 1.66. The van der Waals surface area contributed by atoms with E-state index in [0.717, 1.165) is 18.9 Å². The zero-order valence-corrected chi connectivity index (χ0v) is 16.4. The molecule has 1 aliphatic carbocycles. The molecule has 3 aliphatic rings. The number of likely N-dealkylation sites (tertiary alicyclic amines) is 1. The largest absolute Gasteiger partial charge is 0.467 e. The van der Waals surface area contributed by atoms with Gasteiger partial charge in [0.25, 0.3) is 0 Å². The van der Waals surface area contributed by atoms with Gasteiger partial charge in [0.1, 0.15) is 11.8 Å². The number of hydrogen-bond donors (Lipinski definition) is 2. The number of piperidine rings is 1. The summed E-state index contributed by atoms with van der Waals surface area (Å²) >= 11 is 0. The number of ether oxygens (including phenoxy) is 1. The van der Waals surface area contributed by atoms with Crippen LogP contribution in [0.1, 0.15) is 57.3 Å². The van der Waals surface area contributed by atoms with Crippen molar-refractivity contribution in [3.8, 4) is 0 Å². The summed E-state index contributed by atoms with van der Waals surface area (Å²) in [5.41, 5.74) is 1.07. The SMILES string of the molecule is CCOC(=O)C1=C(CN2CCC[C@H]3CCCC[C@@H]32)NC(=O)N[C@H]1c1ccco1. The first kappa shape index (κ1) is 19.1. The number of rotatable bonds is 5. The molecule has 1 saturated carbocycles. The van der Waals surface area contributed by atoms with Gasteiger partial charge >= 0.3 is 12.0 Å². The van der Waals surface area contributed by atoms with Crippen molar-refractivity contribution in [2.45, 2.75) is 57.5 Å². The Morgan fingerprint density at radius 3 is 2.89 bits per heavy atom. The van der Waals surface area contributed by atoms with Crippen LogP contribution >= 0.6 is 0 Å². The van der Waals surface area contributed by atoms with Crippen molar-refractivity contribution in [3.05, 3.63) is 35.4 Å². The van der Waals surface area contributed by atoms with Gasteiger partial charge in [0.15, 0.2) is 0 Å². The summed E-state index contributed by atoms with van der Waals surface area (Å²) in [5, 5.41) is 5.70. The van der Waals surface area contributed by atoms with Crippen molar-refractivity contribution >= 4 is 12.0 Å². The molecule has 2 aliphatic heterocycles. The number of fused-ring (bicyclic) bond motifs is 1. The second-order valence-electron chi connectivity index (χ2n) is 7.88. The van der Waals surface area contributed by atoms with Gasteiger partial charge in [-0.2, -0.15) is 0 Å². The summed E-state index contributed by atoms with van der Waals surface area (Å²) in [6.45, 7) is 3.62. The number of carbonyl (C=O) groups is 2. The van der Waals surface area contributed by atoms with E-state index in [-0.39, 0.29) is 12.6 Å². The van der Waals surface area contributed by atoms with Crippen LogP contribution in [0, 0.1) is 5.92 Å². The monoisotopic (exact) mass is 387 g/mol. The maximum absolute atomic E-state index is 12.8. The first-order valence-corrected chi connectivity index (χ1v) is 10.4. The summed E-state index contributed by atoms with van der Waals surface area (Å²) in [6, 6.07) is 3.10. The second-order valence-corrected chi connectivity index (χ2v) is 7.88. The van der Waals surface area contributed by atoms with Crippen molar-refractivity contribution in [3.63, 3.8) is 0 Å². The van der Waals surface area contributed by atoms with Crippen LogP contribution in [0.4, 0.5) is 4.79 Å². The number of amides is 2. The van der Waals surface area contributed by atoms with E-state index >= 15 is 0 Å². The number of esters is 1. The fourth-order valence-electron chi connectivity index (χ4n) is 4.99. The number of carbonyl (C=O) groups excluding carboxylic acids is 2. The molecular weight excluding hydrogens is 358 g/mol. The molecule has 3 atom stereocenters. The Morgan fingerprint density at radius 1 is 1.29 bits per heavy atom. The predicted molar refractivity (Wildman–Crippen MR) is 103 cm³/mol. The molecule has 0 radical (unpaired) electrons. The van der Waals surface area contributed by atoms with Gasteiger partial charge in [0, 0.05) is 18.3 Å². The topological polar surface area (TPSA) is 83.8 Å². The Hall–Kier alpha value is -2.28. The highest BCUT2D eigenvalue weighted by molar-refractivity contribution is 5.95. The van der Waals surface area contributed by atoms with Crippen LogP contribution in [0.5, 0.6) is 0 Å². The third-order valence-corrected chi connectivity index (χ3v) is 6.20.